The van der Waals surface area contributed by atoms with E-state index >= 15 is 0 Å². The fourth-order valence-corrected chi connectivity index (χ4v) is 7.90. The number of hydrogen-bond donors (Lipinski definition) is 3. The Morgan fingerprint density at radius 2 is 1.80 bits per heavy atom. The molecule has 0 spiro atoms. The van der Waals surface area contributed by atoms with E-state index < -0.39 is 11.9 Å². The lowest BCUT2D eigenvalue weighted by Gasteiger charge is -2.47. The van der Waals surface area contributed by atoms with Gasteiger partial charge in [-0.1, -0.05) is 52.5 Å². The van der Waals surface area contributed by atoms with E-state index in [-0.39, 0.29) is 35.2 Å². The minimum atomic E-state index is -0.509. The summed E-state index contributed by atoms with van der Waals surface area (Å²) in [5.74, 6) is 7.00. The number of rotatable bonds is 11. The van der Waals surface area contributed by atoms with Crippen molar-refractivity contribution in [2.75, 3.05) is 13.2 Å². The lowest BCUT2D eigenvalue weighted by molar-refractivity contribution is -0.221. The van der Waals surface area contributed by atoms with Crippen molar-refractivity contribution in [3.8, 4) is 11.5 Å². The molecule has 44 heavy (non-hydrogen) atoms. The fourth-order valence-electron chi connectivity index (χ4n) is 7.90. The van der Waals surface area contributed by atoms with Crippen LogP contribution in [0.2, 0.25) is 0 Å². The first kappa shape index (κ1) is 33.2. The van der Waals surface area contributed by atoms with Crippen molar-refractivity contribution in [3.05, 3.63) is 34.9 Å². The molecule has 9 nitrogen and oxygen atoms in total. The third-order valence-electron chi connectivity index (χ3n) is 10.7. The molecule has 1 aliphatic carbocycles. The number of phenols is 1. The number of unbranched alkanes of at least 4 members (excludes halogenated alkanes) is 3. The number of hydroxylamine groups is 1. The van der Waals surface area contributed by atoms with Crippen LogP contribution in [-0.4, -0.2) is 42.4 Å². The summed E-state index contributed by atoms with van der Waals surface area (Å²) >= 11 is 0. The number of benzene rings is 1. The van der Waals surface area contributed by atoms with Crippen LogP contribution in [-0.2, 0) is 29.4 Å². The zero-order valence-electron chi connectivity index (χ0n) is 27.4. The molecule has 3 heterocycles. The first-order valence-corrected chi connectivity index (χ1v) is 16.8. The molecule has 0 aromatic heterocycles. The van der Waals surface area contributed by atoms with Gasteiger partial charge in [0.2, 0.25) is 0 Å². The zero-order valence-corrected chi connectivity index (χ0v) is 27.4. The third-order valence-corrected chi connectivity index (χ3v) is 10.7. The van der Waals surface area contributed by atoms with Crippen LogP contribution in [0.15, 0.2) is 23.8 Å². The van der Waals surface area contributed by atoms with Crippen LogP contribution in [0.1, 0.15) is 122 Å². The molecule has 9 heteroatoms. The normalized spacial score (nSPS) is 30.0. The molecule has 5 rings (SSSR count). The Bertz CT molecular complexity index is 1180. The Kier molecular flexibility index (Phi) is 10.6. The van der Waals surface area contributed by atoms with E-state index in [1.807, 2.05) is 12.1 Å². The van der Waals surface area contributed by atoms with Crippen LogP contribution in [0, 0.1) is 17.8 Å². The lowest BCUT2D eigenvalue weighted by Crippen LogP contribution is -2.46. The van der Waals surface area contributed by atoms with Crippen LogP contribution in [0.25, 0.3) is 0 Å². The number of allylic oxidation sites excluding steroid dienone is 1. The Hall–Kier alpha value is -2.17. The SMILES string of the molecule is CCCCCCC(C)(C)c1cc(O)c2c(c1)OC(C)(C)[C@@H]1CC=C(C(=O)NOC3CC(C4CCOC(ON)C4)CCO3)C[C@@H]21. The van der Waals surface area contributed by atoms with Gasteiger partial charge < -0.3 is 19.3 Å². The van der Waals surface area contributed by atoms with Gasteiger partial charge in [-0.3, -0.25) is 9.63 Å². The van der Waals surface area contributed by atoms with E-state index in [9.17, 15) is 9.90 Å². The largest absolute Gasteiger partial charge is 0.508 e. The Morgan fingerprint density at radius 1 is 1.09 bits per heavy atom. The molecule has 4 unspecified atom stereocenters. The number of amides is 1. The number of hydrogen-bond acceptors (Lipinski definition) is 8. The average Bonchev–Trinajstić information content (AvgIpc) is 3.01. The van der Waals surface area contributed by atoms with E-state index in [2.05, 4.69) is 46.2 Å². The molecule has 4 aliphatic rings. The van der Waals surface area contributed by atoms with Crippen LogP contribution >= 0.6 is 0 Å². The van der Waals surface area contributed by atoms with Crippen LogP contribution in [0.3, 0.4) is 0 Å². The molecule has 0 radical (unpaired) electrons. The van der Waals surface area contributed by atoms with Gasteiger partial charge in [-0.2, -0.15) is 0 Å². The van der Waals surface area contributed by atoms with Gasteiger partial charge in [-0.15, -0.1) is 0 Å². The number of carbonyl (C=O) groups is 1. The summed E-state index contributed by atoms with van der Waals surface area (Å²) in [7, 11) is 0. The molecule has 0 saturated carbocycles. The summed E-state index contributed by atoms with van der Waals surface area (Å²) in [6.07, 6.45) is 11.5. The molecule has 1 aromatic carbocycles. The third kappa shape index (κ3) is 7.44. The van der Waals surface area contributed by atoms with E-state index in [0.29, 0.717) is 49.9 Å². The molecule has 4 N–H and O–H groups in total. The average molecular weight is 615 g/mol. The van der Waals surface area contributed by atoms with Crippen molar-refractivity contribution in [3.63, 3.8) is 0 Å². The summed E-state index contributed by atoms with van der Waals surface area (Å²) in [6, 6.07) is 4.06. The summed E-state index contributed by atoms with van der Waals surface area (Å²) in [4.78, 5) is 24.1. The van der Waals surface area contributed by atoms with Gasteiger partial charge in [0, 0.05) is 35.8 Å². The monoisotopic (exact) mass is 614 g/mol. The molecule has 2 fully saturated rings. The number of ether oxygens (including phenoxy) is 3. The van der Waals surface area contributed by atoms with Crippen molar-refractivity contribution >= 4 is 5.91 Å². The zero-order chi connectivity index (χ0) is 31.5. The van der Waals surface area contributed by atoms with Gasteiger partial charge >= 0.3 is 0 Å². The number of aromatic hydroxyl groups is 1. The van der Waals surface area contributed by atoms with Crippen molar-refractivity contribution in [1.29, 1.82) is 0 Å². The van der Waals surface area contributed by atoms with E-state index in [1.54, 1.807) is 0 Å². The maximum atomic E-state index is 13.4. The standard InChI is InChI=1S/C35H54N2O7/c1-6-7-8-9-14-34(2,3)25-20-28(38)32-26-17-24(10-11-27(26)35(4,5)42-29(32)21-25)33(39)37-44-31-19-23(13-16-41-31)22-12-15-40-30(18-22)43-36/h10,20-23,26-27,30-31,38H,6-9,11-19,36H2,1-5H3,(H,37,39)/t22?,23?,26-,27-,30?,31?/m1/s1. The molecule has 3 aliphatic heterocycles. The van der Waals surface area contributed by atoms with Gasteiger partial charge in [0.15, 0.2) is 12.6 Å². The first-order valence-electron chi connectivity index (χ1n) is 16.8. The Labute approximate surface area is 263 Å². The Balaban J connectivity index is 1.24. The van der Waals surface area contributed by atoms with Gasteiger partial charge in [0.25, 0.3) is 5.91 Å². The number of phenolic OH excluding ortho intramolecular Hbond substituents is 1. The highest BCUT2D eigenvalue weighted by Gasteiger charge is 2.47. The maximum absolute atomic E-state index is 13.4. The molecular formula is C35H54N2O7. The van der Waals surface area contributed by atoms with Crippen LogP contribution in [0.5, 0.6) is 11.5 Å². The number of carbonyl (C=O) groups excluding carboxylic acids is 1. The van der Waals surface area contributed by atoms with Crippen molar-refractivity contribution < 1.29 is 33.8 Å². The lowest BCUT2D eigenvalue weighted by atomic mass is 9.66. The van der Waals surface area contributed by atoms with E-state index in [4.69, 9.17) is 29.8 Å². The number of fused-ring (bicyclic) bond motifs is 3. The van der Waals surface area contributed by atoms with Gasteiger partial charge in [0.05, 0.1) is 13.2 Å². The van der Waals surface area contributed by atoms with E-state index in [1.165, 1.54) is 19.3 Å². The minimum Gasteiger partial charge on any atom is -0.508 e. The predicted molar refractivity (Wildman–Crippen MR) is 168 cm³/mol. The van der Waals surface area contributed by atoms with Crippen molar-refractivity contribution in [1.82, 2.24) is 5.48 Å². The smallest absolute Gasteiger partial charge is 0.270 e. The molecule has 2 saturated heterocycles. The molecule has 6 atom stereocenters. The van der Waals surface area contributed by atoms with Crippen LogP contribution in [0.4, 0.5) is 0 Å². The van der Waals surface area contributed by atoms with Gasteiger partial charge in [-0.05, 0) is 80.9 Å². The van der Waals surface area contributed by atoms with Crippen LogP contribution < -0.4 is 16.1 Å². The highest BCUT2D eigenvalue weighted by atomic mass is 16.8. The quantitative estimate of drug-likeness (QED) is 0.187. The topological polar surface area (TPSA) is 122 Å². The number of nitrogens with one attached hydrogen (secondary N) is 1. The summed E-state index contributed by atoms with van der Waals surface area (Å²) in [5, 5.41) is 11.4. The van der Waals surface area contributed by atoms with Crippen molar-refractivity contribution in [2.45, 2.75) is 135 Å². The van der Waals surface area contributed by atoms with Gasteiger partial charge in [0.1, 0.15) is 17.1 Å². The Morgan fingerprint density at radius 3 is 2.50 bits per heavy atom. The van der Waals surface area contributed by atoms with Gasteiger partial charge in [-0.25, -0.2) is 16.2 Å². The van der Waals surface area contributed by atoms with Crippen molar-refractivity contribution in [2.24, 2.45) is 23.7 Å². The summed E-state index contributed by atoms with van der Waals surface area (Å²) in [6.45, 7) is 12.2. The second-order valence-corrected chi connectivity index (χ2v) is 14.5. The second kappa shape index (κ2) is 14.1. The highest BCUT2D eigenvalue weighted by molar-refractivity contribution is 5.93. The summed E-state index contributed by atoms with van der Waals surface area (Å²) in [5.41, 5.74) is 4.73. The first-order chi connectivity index (χ1) is 21.0. The maximum Gasteiger partial charge on any atom is 0.270 e. The molecule has 0 bridgehead atoms. The number of nitrogens with two attached hydrogens (primary N) is 1. The fraction of sp³-hybridized carbons (Fsp3) is 0.743. The minimum absolute atomic E-state index is 0.0391. The highest BCUT2D eigenvalue weighted by Crippen LogP contribution is 2.55. The van der Waals surface area contributed by atoms with E-state index in [0.717, 1.165) is 49.0 Å². The second-order valence-electron chi connectivity index (χ2n) is 14.5. The molecule has 1 amide bonds. The predicted octanol–water partition coefficient (Wildman–Crippen LogP) is 6.67. The molecular weight excluding hydrogens is 560 g/mol. The molecule has 1 aromatic rings. The molecule has 246 valence electrons. The summed E-state index contributed by atoms with van der Waals surface area (Å²) < 4.78 is 18.0.